The molecule has 0 heterocycles. The molecule has 666 valence electrons. The zero-order chi connectivity index (χ0) is 89.1. The molecule has 4 N–H and O–H groups in total. The van der Waals surface area contributed by atoms with Crippen molar-refractivity contribution in [1.82, 2.24) is 10.6 Å². The molecule has 0 saturated heterocycles. The molecule has 0 radical (unpaired) electrons. The van der Waals surface area contributed by atoms with Crippen LogP contribution in [-0.2, 0) is 56.3 Å². The van der Waals surface area contributed by atoms with Gasteiger partial charge in [-0.05, 0) is 145 Å². The zero-order valence-electron chi connectivity index (χ0n) is 75.5. The third-order valence-electron chi connectivity index (χ3n) is 18.5. The van der Waals surface area contributed by atoms with E-state index < -0.39 is 93.7 Å². The number of carbonyl (C=O) groups excluding carboxylic acids is 6. The molecule has 0 aliphatic rings. The van der Waals surface area contributed by atoms with Crippen LogP contribution >= 0.6 is 15.9 Å². The first-order chi connectivity index (χ1) is 56.5. The Morgan fingerprint density at radius 3 is 1.02 bits per heavy atom. The second-order valence-electron chi connectivity index (χ2n) is 35.4. The van der Waals surface area contributed by atoms with E-state index >= 15 is 0 Å². The van der Waals surface area contributed by atoms with Crippen LogP contribution in [0.15, 0.2) is 202 Å². The van der Waals surface area contributed by atoms with Crippen LogP contribution in [-0.4, -0.2) is 160 Å². The quantitative estimate of drug-likeness (QED) is 0.00700. The molecule has 0 atom stereocenters. The average molecular weight is 1880 g/mol. The molecule has 6 rings (SSSR count). The average Bonchev–Trinajstić information content (AvgIpc) is 0.753. The standard InChI is InChI=1S/C42H56N2O8Si.C29H40BrNO6Si.C13H16NO2.3C4H9.CH4.Sn/c1-40(2,3)51-38(46)43-27-29-48-30-31-49-37(45)33(23-20-32-21-24-34(25-22-32)44-39(47)52-41(4,5)6)26-28-50-53(42(7,8)9,35-16-12-10-13-17-35)36-18-14-11-15-19-36;1-28(2,3)37-27(33)31-18-20-34-21-22-35-26(32)25(30)17-19-36-38(29(4,5)6,23-13-9-7-10-14-23)24-15-11-8-12-16-24;1-5-10-6-8-11(9-7-10)14-12(15)16-13(2,3)4;3*1-3-4-2;;/h10-26H,27-31H2,1-9H3,(H,43,46)(H,44,47);7-17H,18-22H2,1-6H3,(H,31,33);1,5-9H,2-4H3,(H,14,15);3*1,3-4H2,2H3;1H4;/b23-20+,33-26+;25-17-;;;;;;. The van der Waals surface area contributed by atoms with Crippen molar-refractivity contribution in [2.75, 3.05) is 76.6 Å². The third kappa shape index (κ3) is 40.8. The Kier molecular flexibility index (Phi) is 47.0. The fourth-order valence-corrected chi connectivity index (χ4v) is 36.4. The summed E-state index contributed by atoms with van der Waals surface area (Å²) in [6.07, 6.45) is 15.4. The second-order valence-corrected chi connectivity index (χ2v) is 57.8. The van der Waals surface area contributed by atoms with Crippen molar-refractivity contribution in [3.63, 3.8) is 0 Å². The van der Waals surface area contributed by atoms with Gasteiger partial charge in [0.25, 0.3) is 16.6 Å². The van der Waals surface area contributed by atoms with Gasteiger partial charge in [-0.2, -0.15) is 0 Å². The Bertz CT molecular complexity index is 4050. The van der Waals surface area contributed by atoms with Crippen LogP contribution in [0.2, 0.25) is 23.4 Å². The summed E-state index contributed by atoms with van der Waals surface area (Å²) in [6.45, 7) is 43.8. The Morgan fingerprint density at radius 2 is 0.702 bits per heavy atom. The van der Waals surface area contributed by atoms with E-state index in [0.29, 0.717) is 22.3 Å². The van der Waals surface area contributed by atoms with E-state index in [4.69, 9.17) is 46.7 Å². The molecule has 0 unspecified atom stereocenters. The Morgan fingerprint density at radius 1 is 0.388 bits per heavy atom. The van der Waals surface area contributed by atoms with E-state index in [1.807, 2.05) is 118 Å². The molecule has 121 heavy (non-hydrogen) atoms. The number of hydrogen-bond donors (Lipinski definition) is 4. The minimum absolute atomic E-state index is 0. The van der Waals surface area contributed by atoms with Crippen molar-refractivity contribution in [2.24, 2.45) is 0 Å². The van der Waals surface area contributed by atoms with Crippen LogP contribution < -0.4 is 42.0 Å². The van der Waals surface area contributed by atoms with Gasteiger partial charge in [0.15, 0.2) is 0 Å². The van der Waals surface area contributed by atoms with Crippen molar-refractivity contribution < 1.29 is 75.5 Å². The van der Waals surface area contributed by atoms with Gasteiger partial charge in [-0.1, -0.05) is 189 Å². The Hall–Kier alpha value is -8.15. The first kappa shape index (κ1) is 107. The zero-order valence-corrected chi connectivity index (χ0v) is 81.9. The number of alkyl carbamates (subject to hydrolysis) is 2. The predicted octanol–water partition coefficient (Wildman–Crippen LogP) is 21.6. The SMILES string of the molecule is C.CC(C)(C)OC(=O)NCCOCCOC(=O)/C(Br)=C/CO[Si](c1ccccc1)(c1ccccc1)C(C)(C)C.CC(C)(C)OC(=O)NCCOCCOC(=O)C(/C=C/c1ccc(NC(=O)OC(C)(C)C)cc1)=C/CO[Si](c1ccccc1)(c1ccccc1)C(C)(C)C.CCC[CH2][Sn](/[CH]=C/c1ccc(NC(=O)OC(C)(C)C)cc1)([CH2]CCC)[CH2]CCC. The van der Waals surface area contributed by atoms with E-state index in [1.165, 1.54) is 67.8 Å². The number of anilines is 2. The van der Waals surface area contributed by atoms with Crippen LogP contribution in [0.3, 0.4) is 0 Å². The molecular formula is C97H143BrN4O16Si2Sn. The van der Waals surface area contributed by atoms with Crippen molar-refractivity contribution >= 4 is 132 Å². The topological polar surface area (TPSA) is 243 Å². The van der Waals surface area contributed by atoms with Crippen LogP contribution in [0.4, 0.5) is 30.6 Å². The summed E-state index contributed by atoms with van der Waals surface area (Å²) >= 11 is 1.08. The van der Waals surface area contributed by atoms with Gasteiger partial charge in [0, 0.05) is 18.8 Å². The minimum atomic E-state index is -2.86. The summed E-state index contributed by atoms with van der Waals surface area (Å²) in [7, 11) is -5.56. The number of amides is 4. The molecule has 24 heteroatoms. The molecule has 6 aromatic carbocycles. The molecule has 0 fully saturated rings. The van der Waals surface area contributed by atoms with Gasteiger partial charge < -0.3 is 52.6 Å². The van der Waals surface area contributed by atoms with E-state index in [1.54, 1.807) is 98.8 Å². The molecular weight excluding hydrogens is 1730 g/mol. The molecule has 0 saturated carbocycles. The number of esters is 2. The molecule has 0 aliphatic carbocycles. The molecule has 4 amide bonds. The first-order valence-corrected chi connectivity index (χ1v) is 54.4. The molecule has 0 aliphatic heterocycles. The third-order valence-corrected chi connectivity index (χ3v) is 43.2. The predicted molar refractivity (Wildman–Crippen MR) is 507 cm³/mol. The van der Waals surface area contributed by atoms with E-state index in [9.17, 15) is 28.8 Å². The van der Waals surface area contributed by atoms with Crippen LogP contribution in [0.1, 0.15) is 202 Å². The number of hydrogen-bond acceptors (Lipinski definition) is 16. The van der Waals surface area contributed by atoms with Crippen molar-refractivity contribution in [2.45, 2.75) is 237 Å². The van der Waals surface area contributed by atoms with E-state index in [2.05, 4.69) is 170 Å². The maximum absolute atomic E-state index is 13.5. The number of ether oxygens (including phenoxy) is 8. The summed E-state index contributed by atoms with van der Waals surface area (Å²) in [4.78, 5) is 73.5. The van der Waals surface area contributed by atoms with Gasteiger partial charge in [-0.25, -0.2) is 24.0 Å². The van der Waals surface area contributed by atoms with Crippen molar-refractivity contribution in [3.05, 3.63) is 213 Å². The molecule has 0 aromatic heterocycles. The summed E-state index contributed by atoms with van der Waals surface area (Å²) < 4.78 is 64.1. The van der Waals surface area contributed by atoms with Gasteiger partial charge in [0.05, 0.1) is 45.2 Å². The molecule has 20 nitrogen and oxygen atoms in total. The monoisotopic (exact) mass is 1870 g/mol. The van der Waals surface area contributed by atoms with Crippen LogP contribution in [0.25, 0.3) is 12.2 Å². The number of carbonyl (C=O) groups is 6. The van der Waals surface area contributed by atoms with Crippen LogP contribution in [0, 0.1) is 0 Å². The van der Waals surface area contributed by atoms with Gasteiger partial charge in [0.1, 0.15) is 34.5 Å². The fourth-order valence-electron chi connectivity index (χ4n) is 13.0. The Balaban J connectivity index is 0.000000490. The number of halogens is 1. The van der Waals surface area contributed by atoms with E-state index in [0.717, 1.165) is 21.6 Å². The van der Waals surface area contributed by atoms with Gasteiger partial charge in [-0.3, -0.25) is 5.32 Å². The van der Waals surface area contributed by atoms with Crippen molar-refractivity contribution in [1.29, 1.82) is 0 Å². The Labute approximate surface area is 739 Å². The number of benzene rings is 6. The summed E-state index contributed by atoms with van der Waals surface area (Å²) in [5.41, 5.74) is 1.44. The van der Waals surface area contributed by atoms with Crippen LogP contribution in [0.5, 0.6) is 0 Å². The first-order valence-electron chi connectivity index (χ1n) is 42.1. The normalized spacial score (nSPS) is 12.5. The van der Waals surface area contributed by atoms with Gasteiger partial charge >= 0.3 is 214 Å². The fraction of sp³-hybridized carbons (Fsp3) is 0.485. The van der Waals surface area contributed by atoms with Gasteiger partial charge in [0.2, 0.25) is 0 Å². The molecule has 0 spiro atoms. The van der Waals surface area contributed by atoms with Gasteiger partial charge in [-0.15, -0.1) is 0 Å². The number of nitrogens with one attached hydrogen (secondary N) is 4. The maximum atomic E-state index is 13.5. The molecule has 0 bridgehead atoms. The second kappa shape index (κ2) is 53.1. The summed E-state index contributed by atoms with van der Waals surface area (Å²) in [5.74, 6) is -1.03. The van der Waals surface area contributed by atoms with Crippen molar-refractivity contribution in [3.8, 4) is 0 Å². The summed E-state index contributed by atoms with van der Waals surface area (Å²) in [5, 5.41) is 15.0. The summed E-state index contributed by atoms with van der Waals surface area (Å²) in [6, 6.07) is 56.5. The molecule has 6 aromatic rings. The number of rotatable bonds is 39. The van der Waals surface area contributed by atoms with E-state index in [-0.39, 0.29) is 76.9 Å². The number of unbranched alkanes of at least 4 members (excludes halogenated alkanes) is 3.